The van der Waals surface area contributed by atoms with Gasteiger partial charge in [-0.2, -0.15) is 0 Å². The molecule has 0 radical (unpaired) electrons. The average molecular weight is 498 g/mol. The summed E-state index contributed by atoms with van der Waals surface area (Å²) in [5.41, 5.74) is 11.6. The summed E-state index contributed by atoms with van der Waals surface area (Å²) in [6.45, 7) is 2.88. The van der Waals surface area contributed by atoms with Crippen molar-refractivity contribution in [1.29, 1.82) is 0 Å². The van der Waals surface area contributed by atoms with Crippen LogP contribution in [0.2, 0.25) is 0 Å². The lowest BCUT2D eigenvalue weighted by Gasteiger charge is -2.43. The number of fused-ring (bicyclic) bond motifs is 2. The lowest BCUT2D eigenvalue weighted by Crippen LogP contribution is -2.57. The number of piperidine rings is 1. The van der Waals surface area contributed by atoms with Crippen LogP contribution in [0.25, 0.3) is 33.2 Å². The van der Waals surface area contributed by atoms with Crippen LogP contribution < -0.4 is 16.0 Å². The Bertz CT molecular complexity index is 1530. The normalized spacial score (nSPS) is 19.4. The van der Waals surface area contributed by atoms with E-state index < -0.39 is 11.6 Å². The van der Waals surface area contributed by atoms with Crippen molar-refractivity contribution in [3.8, 4) is 34.6 Å². The number of terminal acetylenes is 1. The molecule has 2 unspecified atom stereocenters. The van der Waals surface area contributed by atoms with E-state index in [0.717, 1.165) is 47.7 Å². The maximum absolute atomic E-state index is 14.3. The topological polar surface area (TPSA) is 76.3 Å². The van der Waals surface area contributed by atoms with E-state index in [1.54, 1.807) is 18.6 Å². The van der Waals surface area contributed by atoms with Gasteiger partial charge in [-0.05, 0) is 41.8 Å². The van der Waals surface area contributed by atoms with Crippen LogP contribution in [0.15, 0.2) is 55.0 Å². The van der Waals surface area contributed by atoms with E-state index >= 15 is 0 Å². The van der Waals surface area contributed by atoms with Crippen LogP contribution in [0.3, 0.4) is 0 Å². The summed E-state index contributed by atoms with van der Waals surface area (Å²) < 4.78 is 34.7. The Kier molecular flexibility index (Phi) is 5.95. The first-order valence-electron chi connectivity index (χ1n) is 12.2. The second-order valence-corrected chi connectivity index (χ2v) is 9.41. The molecule has 0 saturated carbocycles. The number of aromatic nitrogens is 2. The molecule has 37 heavy (non-hydrogen) atoms. The predicted octanol–water partition coefficient (Wildman–Crippen LogP) is 4.37. The maximum Gasteiger partial charge on any atom is 0.126 e. The van der Waals surface area contributed by atoms with Crippen LogP contribution in [0.4, 0.5) is 20.2 Å². The highest BCUT2D eigenvalue weighted by Crippen LogP contribution is 2.41. The van der Waals surface area contributed by atoms with Crippen molar-refractivity contribution in [3.05, 3.63) is 72.2 Å². The monoisotopic (exact) mass is 497 g/mol. The van der Waals surface area contributed by atoms with Gasteiger partial charge in [-0.3, -0.25) is 9.97 Å². The Morgan fingerprint density at radius 3 is 2.70 bits per heavy atom. The molecular weight excluding hydrogens is 472 g/mol. The molecule has 0 amide bonds. The Morgan fingerprint density at radius 1 is 1.05 bits per heavy atom. The molecular formula is C29H25F2N5O. The number of hydrogen-bond acceptors (Lipinski definition) is 6. The van der Waals surface area contributed by atoms with E-state index in [0.29, 0.717) is 41.1 Å². The van der Waals surface area contributed by atoms with Crippen LogP contribution in [0.1, 0.15) is 12.0 Å². The first-order valence-corrected chi connectivity index (χ1v) is 12.2. The molecule has 8 heteroatoms. The zero-order valence-electron chi connectivity index (χ0n) is 20.0. The molecule has 2 aromatic heterocycles. The second-order valence-electron chi connectivity index (χ2n) is 9.41. The van der Waals surface area contributed by atoms with Crippen LogP contribution in [0.5, 0.6) is 0 Å². The Balaban J connectivity index is 1.56. The van der Waals surface area contributed by atoms with E-state index in [1.165, 1.54) is 12.1 Å². The largest absolute Gasteiger partial charge is 0.397 e. The summed E-state index contributed by atoms with van der Waals surface area (Å²) in [5, 5.41) is 4.38. The third kappa shape index (κ3) is 4.26. The van der Waals surface area contributed by atoms with Gasteiger partial charge in [-0.15, -0.1) is 6.42 Å². The molecule has 2 aliphatic rings. The molecule has 2 aliphatic heterocycles. The Labute approximate surface area is 213 Å². The van der Waals surface area contributed by atoms with Gasteiger partial charge in [0.15, 0.2) is 0 Å². The average Bonchev–Trinajstić information content (AvgIpc) is 2.91. The van der Waals surface area contributed by atoms with Crippen LogP contribution >= 0.6 is 0 Å². The molecule has 4 aromatic rings. The molecule has 2 saturated heterocycles. The van der Waals surface area contributed by atoms with Crippen molar-refractivity contribution in [1.82, 2.24) is 15.3 Å². The molecule has 4 heterocycles. The number of benzene rings is 2. The lowest BCUT2D eigenvalue weighted by atomic mass is 9.94. The summed E-state index contributed by atoms with van der Waals surface area (Å²) in [5.74, 6) is 1.29. The van der Waals surface area contributed by atoms with E-state index in [4.69, 9.17) is 16.9 Å². The molecule has 186 valence electrons. The fourth-order valence-electron chi connectivity index (χ4n) is 5.40. The number of nitrogens with zero attached hydrogens (tertiary/aromatic N) is 3. The van der Waals surface area contributed by atoms with Crippen molar-refractivity contribution in [2.75, 3.05) is 36.9 Å². The number of morpholine rings is 1. The lowest BCUT2D eigenvalue weighted by molar-refractivity contribution is -0.00896. The fraction of sp³-hybridized carbons (Fsp3) is 0.241. The molecule has 0 spiro atoms. The quantitative estimate of drug-likeness (QED) is 0.410. The van der Waals surface area contributed by atoms with Crippen molar-refractivity contribution in [2.24, 2.45) is 0 Å². The number of hydrogen-bond donors (Lipinski definition) is 2. The summed E-state index contributed by atoms with van der Waals surface area (Å²) in [4.78, 5) is 11.1. The van der Waals surface area contributed by atoms with Crippen LogP contribution in [0, 0.1) is 24.0 Å². The number of pyridine rings is 2. The number of nitrogen functional groups attached to an aromatic ring is 1. The summed E-state index contributed by atoms with van der Waals surface area (Å²) in [6, 6.07) is 9.66. The minimum absolute atomic E-state index is 0.0122. The van der Waals surface area contributed by atoms with Gasteiger partial charge in [0, 0.05) is 66.8 Å². The number of ether oxygens (including phenoxy) is 1. The minimum atomic E-state index is -0.640. The molecule has 6 nitrogen and oxygen atoms in total. The summed E-state index contributed by atoms with van der Waals surface area (Å²) in [6.07, 6.45) is 11.4. The highest BCUT2D eigenvalue weighted by atomic mass is 19.1. The smallest absolute Gasteiger partial charge is 0.126 e. The summed E-state index contributed by atoms with van der Waals surface area (Å²) >= 11 is 0. The first kappa shape index (κ1) is 23.3. The highest BCUT2D eigenvalue weighted by molar-refractivity contribution is 6.02. The van der Waals surface area contributed by atoms with Crippen molar-refractivity contribution in [3.63, 3.8) is 0 Å². The molecule has 0 aliphatic carbocycles. The first-order chi connectivity index (χ1) is 18.0. The number of anilines is 2. The number of rotatable bonds is 3. The van der Waals surface area contributed by atoms with Crippen LogP contribution in [-0.4, -0.2) is 48.4 Å². The Hall–Kier alpha value is -4.06. The molecule has 6 rings (SSSR count). The van der Waals surface area contributed by atoms with Gasteiger partial charge >= 0.3 is 0 Å². The SMILES string of the molecule is C#Cc1cncc(-c2ccc3ncc(-c4cc(F)cc(F)c4)c(N4CCC5NCCOC5C4)c3c2)c1N. The number of nitrogens with one attached hydrogen (secondary N) is 1. The van der Waals surface area contributed by atoms with E-state index in [2.05, 4.69) is 26.1 Å². The highest BCUT2D eigenvalue weighted by Gasteiger charge is 2.33. The molecule has 2 fully saturated rings. The van der Waals surface area contributed by atoms with E-state index in [1.807, 2.05) is 18.2 Å². The van der Waals surface area contributed by atoms with Crippen molar-refractivity contribution in [2.45, 2.75) is 18.6 Å². The van der Waals surface area contributed by atoms with Crippen molar-refractivity contribution < 1.29 is 13.5 Å². The van der Waals surface area contributed by atoms with Gasteiger partial charge in [0.05, 0.1) is 35.2 Å². The Morgan fingerprint density at radius 2 is 1.89 bits per heavy atom. The molecule has 0 bridgehead atoms. The third-order valence-electron chi connectivity index (χ3n) is 7.18. The van der Waals surface area contributed by atoms with Gasteiger partial charge in [0.2, 0.25) is 0 Å². The van der Waals surface area contributed by atoms with E-state index in [9.17, 15) is 8.78 Å². The zero-order chi connectivity index (χ0) is 25.5. The molecule has 2 atom stereocenters. The number of halogens is 2. The van der Waals surface area contributed by atoms with Crippen LogP contribution in [-0.2, 0) is 4.74 Å². The van der Waals surface area contributed by atoms with Gasteiger partial charge in [-0.1, -0.05) is 12.0 Å². The molecule has 2 aromatic carbocycles. The summed E-state index contributed by atoms with van der Waals surface area (Å²) in [7, 11) is 0. The van der Waals surface area contributed by atoms with Gasteiger partial charge < -0.3 is 20.7 Å². The minimum Gasteiger partial charge on any atom is -0.397 e. The number of nitrogens with two attached hydrogens (primary N) is 1. The van der Waals surface area contributed by atoms with Gasteiger partial charge in [0.25, 0.3) is 0 Å². The van der Waals surface area contributed by atoms with Gasteiger partial charge in [0.1, 0.15) is 11.6 Å². The standard InChI is InChI=1S/C29H25F2N5O/c1-2-17-13-33-14-23(28(17)32)18-3-4-25-22(11-18)29(36-7-5-26-27(16-36)37-8-6-34-26)24(15-35-25)19-9-20(30)12-21(31)10-19/h1,3-4,9-15,26-27,34H,5-8,16H2,(H2,32,33). The predicted molar refractivity (Wildman–Crippen MR) is 141 cm³/mol. The third-order valence-corrected chi connectivity index (χ3v) is 7.18. The van der Waals surface area contributed by atoms with Crippen molar-refractivity contribution >= 4 is 22.3 Å². The van der Waals surface area contributed by atoms with E-state index in [-0.39, 0.29) is 12.1 Å². The molecule has 3 N–H and O–H groups in total. The zero-order valence-corrected chi connectivity index (χ0v) is 20.0. The maximum atomic E-state index is 14.3. The van der Waals surface area contributed by atoms with Gasteiger partial charge in [-0.25, -0.2) is 8.78 Å². The second kappa shape index (κ2) is 9.43. The fourth-order valence-corrected chi connectivity index (χ4v) is 5.40.